The van der Waals surface area contributed by atoms with Gasteiger partial charge in [-0.1, -0.05) is 5.21 Å². The van der Waals surface area contributed by atoms with Crippen LogP contribution in [-0.4, -0.2) is 44.5 Å². The van der Waals surface area contributed by atoms with Gasteiger partial charge in [-0.2, -0.15) is 0 Å². The Morgan fingerprint density at radius 1 is 1.56 bits per heavy atom. The van der Waals surface area contributed by atoms with E-state index in [9.17, 15) is 10.2 Å². The van der Waals surface area contributed by atoms with Gasteiger partial charge in [-0.25, -0.2) is 4.68 Å². The summed E-state index contributed by atoms with van der Waals surface area (Å²) in [6.45, 7) is 6.30. The molecule has 0 saturated heterocycles. The predicted molar refractivity (Wildman–Crippen MR) is 57.8 cm³/mol. The van der Waals surface area contributed by atoms with Crippen molar-refractivity contribution in [1.82, 2.24) is 15.0 Å². The average molecular weight is 229 g/mol. The van der Waals surface area contributed by atoms with E-state index in [4.69, 9.17) is 4.74 Å². The molecule has 92 valence electrons. The van der Waals surface area contributed by atoms with Gasteiger partial charge in [0.05, 0.1) is 25.5 Å². The van der Waals surface area contributed by atoms with Crippen LogP contribution in [0.1, 0.15) is 26.5 Å². The van der Waals surface area contributed by atoms with Crippen LogP contribution < -0.4 is 0 Å². The van der Waals surface area contributed by atoms with E-state index in [-0.39, 0.29) is 6.61 Å². The number of aliphatic hydroxyl groups is 2. The van der Waals surface area contributed by atoms with Crippen LogP contribution in [0.4, 0.5) is 0 Å². The summed E-state index contributed by atoms with van der Waals surface area (Å²) >= 11 is 0. The summed E-state index contributed by atoms with van der Waals surface area (Å²) in [7, 11) is 0. The van der Waals surface area contributed by atoms with Crippen molar-refractivity contribution in [2.24, 2.45) is 0 Å². The lowest BCUT2D eigenvalue weighted by atomic mass is 10.1. The SMILES string of the molecule is CCOCC(O)Cn1cc(C(C)(C)O)nn1. The lowest BCUT2D eigenvalue weighted by Gasteiger charge is -2.12. The van der Waals surface area contributed by atoms with E-state index >= 15 is 0 Å². The van der Waals surface area contributed by atoms with Crippen LogP contribution in [0.5, 0.6) is 0 Å². The fourth-order valence-electron chi connectivity index (χ4n) is 1.19. The molecule has 0 aliphatic rings. The molecule has 2 N–H and O–H groups in total. The van der Waals surface area contributed by atoms with E-state index in [1.807, 2.05) is 6.92 Å². The molecule has 1 aromatic rings. The van der Waals surface area contributed by atoms with Crippen molar-refractivity contribution in [2.75, 3.05) is 13.2 Å². The van der Waals surface area contributed by atoms with E-state index in [0.29, 0.717) is 18.8 Å². The smallest absolute Gasteiger partial charge is 0.114 e. The molecule has 1 unspecified atom stereocenters. The molecule has 0 spiro atoms. The van der Waals surface area contributed by atoms with Crippen LogP contribution in [0.3, 0.4) is 0 Å². The molecule has 0 bridgehead atoms. The van der Waals surface area contributed by atoms with Crippen molar-refractivity contribution in [3.8, 4) is 0 Å². The molecule has 0 aromatic carbocycles. The summed E-state index contributed by atoms with van der Waals surface area (Å²) in [6, 6.07) is 0. The topological polar surface area (TPSA) is 80.4 Å². The van der Waals surface area contributed by atoms with Crippen LogP contribution in [0.15, 0.2) is 6.20 Å². The molecule has 0 amide bonds. The number of aromatic nitrogens is 3. The minimum absolute atomic E-state index is 0.272. The van der Waals surface area contributed by atoms with Crippen LogP contribution in [0, 0.1) is 0 Å². The van der Waals surface area contributed by atoms with Gasteiger partial charge in [-0.3, -0.25) is 0 Å². The normalized spacial score (nSPS) is 14.1. The summed E-state index contributed by atoms with van der Waals surface area (Å²) in [5.74, 6) is 0. The molecule has 6 nitrogen and oxygen atoms in total. The summed E-state index contributed by atoms with van der Waals surface area (Å²) in [4.78, 5) is 0. The summed E-state index contributed by atoms with van der Waals surface area (Å²) < 4.78 is 6.58. The quantitative estimate of drug-likeness (QED) is 0.712. The summed E-state index contributed by atoms with van der Waals surface area (Å²) in [6.07, 6.45) is 1.01. The van der Waals surface area contributed by atoms with Crippen LogP contribution in [-0.2, 0) is 16.9 Å². The third kappa shape index (κ3) is 3.88. The molecule has 0 aliphatic heterocycles. The van der Waals surface area contributed by atoms with Crippen LogP contribution >= 0.6 is 0 Å². The Hall–Kier alpha value is -0.980. The first-order valence-electron chi connectivity index (χ1n) is 5.32. The van der Waals surface area contributed by atoms with E-state index in [0.717, 1.165) is 0 Å². The number of aliphatic hydroxyl groups excluding tert-OH is 1. The lowest BCUT2D eigenvalue weighted by Crippen LogP contribution is -2.22. The first kappa shape index (κ1) is 13.1. The van der Waals surface area contributed by atoms with Gasteiger partial charge in [0.15, 0.2) is 0 Å². The fraction of sp³-hybridized carbons (Fsp3) is 0.800. The second-order valence-electron chi connectivity index (χ2n) is 4.20. The molecule has 16 heavy (non-hydrogen) atoms. The Labute approximate surface area is 94.8 Å². The summed E-state index contributed by atoms with van der Waals surface area (Å²) in [5.41, 5.74) is -0.528. The standard InChI is InChI=1S/C10H19N3O3/c1-4-16-7-8(14)5-13-6-9(11-12-13)10(2,3)15/h6,8,14-15H,4-5,7H2,1-3H3. The van der Waals surface area contributed by atoms with Gasteiger partial charge in [0.1, 0.15) is 11.3 Å². The van der Waals surface area contributed by atoms with Crippen LogP contribution in [0.25, 0.3) is 0 Å². The highest BCUT2D eigenvalue weighted by Crippen LogP contribution is 2.15. The first-order chi connectivity index (χ1) is 7.43. The molecule has 6 heteroatoms. The molecule has 0 aliphatic carbocycles. The van der Waals surface area contributed by atoms with Crippen molar-refractivity contribution in [1.29, 1.82) is 0 Å². The second kappa shape index (κ2) is 5.38. The van der Waals surface area contributed by atoms with Crippen molar-refractivity contribution in [3.05, 3.63) is 11.9 Å². The van der Waals surface area contributed by atoms with Gasteiger partial charge >= 0.3 is 0 Å². The molecule has 1 heterocycles. The van der Waals surface area contributed by atoms with Crippen molar-refractivity contribution in [3.63, 3.8) is 0 Å². The van der Waals surface area contributed by atoms with Crippen LogP contribution in [0.2, 0.25) is 0 Å². The Morgan fingerprint density at radius 2 is 2.25 bits per heavy atom. The van der Waals surface area contributed by atoms with Gasteiger partial charge in [0.2, 0.25) is 0 Å². The maximum absolute atomic E-state index is 9.67. The Kier molecular flexibility index (Phi) is 4.40. The minimum Gasteiger partial charge on any atom is -0.389 e. The zero-order chi connectivity index (χ0) is 12.2. The molecule has 0 radical (unpaired) electrons. The number of hydrogen-bond acceptors (Lipinski definition) is 5. The number of hydrogen-bond donors (Lipinski definition) is 2. The maximum Gasteiger partial charge on any atom is 0.114 e. The zero-order valence-corrected chi connectivity index (χ0v) is 9.92. The molecular formula is C10H19N3O3. The fourth-order valence-corrected chi connectivity index (χ4v) is 1.19. The maximum atomic E-state index is 9.67. The lowest BCUT2D eigenvalue weighted by molar-refractivity contribution is 0.0313. The third-order valence-electron chi connectivity index (χ3n) is 2.08. The second-order valence-corrected chi connectivity index (χ2v) is 4.20. The van der Waals surface area contributed by atoms with E-state index in [1.165, 1.54) is 4.68 Å². The van der Waals surface area contributed by atoms with Crippen molar-refractivity contribution >= 4 is 0 Å². The highest BCUT2D eigenvalue weighted by Gasteiger charge is 2.20. The van der Waals surface area contributed by atoms with Crippen molar-refractivity contribution in [2.45, 2.75) is 39.0 Å². The largest absolute Gasteiger partial charge is 0.389 e. The Bertz CT molecular complexity index is 319. The molecule has 1 atom stereocenters. The van der Waals surface area contributed by atoms with Gasteiger partial charge in [-0.05, 0) is 20.8 Å². The predicted octanol–water partition coefficient (Wildman–Crippen LogP) is -0.0971. The third-order valence-corrected chi connectivity index (χ3v) is 2.08. The highest BCUT2D eigenvalue weighted by atomic mass is 16.5. The molecular weight excluding hydrogens is 210 g/mol. The van der Waals surface area contributed by atoms with E-state index in [2.05, 4.69) is 10.3 Å². The van der Waals surface area contributed by atoms with E-state index in [1.54, 1.807) is 20.0 Å². The Morgan fingerprint density at radius 3 is 2.75 bits per heavy atom. The van der Waals surface area contributed by atoms with Gasteiger partial charge in [0.25, 0.3) is 0 Å². The highest BCUT2D eigenvalue weighted by molar-refractivity contribution is 5.02. The summed E-state index contributed by atoms with van der Waals surface area (Å²) in [5, 5.41) is 26.9. The van der Waals surface area contributed by atoms with Crippen molar-refractivity contribution < 1.29 is 14.9 Å². The molecule has 1 aromatic heterocycles. The molecule has 0 saturated carbocycles. The van der Waals surface area contributed by atoms with Gasteiger partial charge in [0, 0.05) is 6.61 Å². The molecule has 1 rings (SSSR count). The average Bonchev–Trinajstić information content (AvgIpc) is 2.62. The van der Waals surface area contributed by atoms with Gasteiger partial charge in [-0.15, -0.1) is 5.10 Å². The Balaban J connectivity index is 2.52. The van der Waals surface area contributed by atoms with E-state index < -0.39 is 11.7 Å². The number of nitrogens with zero attached hydrogens (tertiary/aromatic N) is 3. The number of rotatable bonds is 6. The zero-order valence-electron chi connectivity index (χ0n) is 9.92. The number of ether oxygens (including phenoxy) is 1. The minimum atomic E-state index is -1.01. The monoisotopic (exact) mass is 229 g/mol. The first-order valence-corrected chi connectivity index (χ1v) is 5.32. The van der Waals surface area contributed by atoms with Gasteiger partial charge < -0.3 is 14.9 Å². The molecule has 0 fully saturated rings.